The minimum Gasteiger partial charge on any atom is -0.481 e. The normalized spacial score (nSPS) is 29.2. The molecule has 2 heteroatoms. The predicted molar refractivity (Wildman–Crippen MR) is 63.5 cm³/mol. The molecule has 1 saturated carbocycles. The van der Waals surface area contributed by atoms with Crippen LogP contribution in [0.1, 0.15) is 37.3 Å². The van der Waals surface area contributed by atoms with Crippen molar-refractivity contribution in [1.29, 1.82) is 0 Å². The highest BCUT2D eigenvalue weighted by molar-refractivity contribution is 5.82. The molecule has 2 unspecified atom stereocenters. The zero-order valence-electron chi connectivity index (χ0n) is 9.86. The van der Waals surface area contributed by atoms with Crippen molar-refractivity contribution in [3.63, 3.8) is 0 Å². The lowest BCUT2D eigenvalue weighted by Crippen LogP contribution is -2.38. The molecular weight excluding hydrogens is 200 g/mol. The fourth-order valence-corrected chi connectivity index (χ4v) is 2.90. The molecule has 16 heavy (non-hydrogen) atoms. The van der Waals surface area contributed by atoms with Gasteiger partial charge in [-0.25, -0.2) is 0 Å². The summed E-state index contributed by atoms with van der Waals surface area (Å²) >= 11 is 0. The molecule has 0 aromatic heterocycles. The summed E-state index contributed by atoms with van der Waals surface area (Å²) in [6.45, 7) is 4.08. The molecule has 1 aromatic rings. The van der Waals surface area contributed by atoms with Gasteiger partial charge in [-0.3, -0.25) is 4.79 Å². The molecule has 0 spiro atoms. The van der Waals surface area contributed by atoms with E-state index in [-0.39, 0.29) is 5.92 Å². The van der Waals surface area contributed by atoms with Crippen molar-refractivity contribution in [1.82, 2.24) is 0 Å². The number of carboxylic acid groups (broad SMARTS) is 1. The lowest BCUT2D eigenvalue weighted by Gasteiger charge is -2.29. The standard InChI is InChI=1S/C14H18O2/c1-10-5-7-12(8-6-10)14(13(15)16)9-3-4-11(14)2/h5-8,11H,3-4,9H2,1-2H3,(H,15,16). The van der Waals surface area contributed by atoms with Gasteiger partial charge < -0.3 is 5.11 Å². The molecule has 2 atom stereocenters. The van der Waals surface area contributed by atoms with Crippen LogP contribution in [0.3, 0.4) is 0 Å². The van der Waals surface area contributed by atoms with Crippen LogP contribution in [0.4, 0.5) is 0 Å². The Kier molecular flexibility index (Phi) is 2.75. The molecule has 1 fully saturated rings. The lowest BCUT2D eigenvalue weighted by molar-refractivity contribution is -0.145. The fourth-order valence-electron chi connectivity index (χ4n) is 2.90. The Morgan fingerprint density at radius 2 is 2.00 bits per heavy atom. The Hall–Kier alpha value is -1.31. The molecule has 0 saturated heterocycles. The van der Waals surface area contributed by atoms with Gasteiger partial charge in [-0.15, -0.1) is 0 Å². The molecule has 2 rings (SSSR count). The monoisotopic (exact) mass is 218 g/mol. The Bertz CT molecular complexity index is 394. The van der Waals surface area contributed by atoms with Gasteiger partial charge >= 0.3 is 5.97 Å². The first-order valence-corrected chi connectivity index (χ1v) is 5.88. The number of aryl methyl sites for hydroxylation is 1. The third-order valence-corrected chi connectivity index (χ3v) is 4.00. The van der Waals surface area contributed by atoms with Crippen molar-refractivity contribution >= 4 is 5.97 Å². The van der Waals surface area contributed by atoms with Crippen LogP contribution >= 0.6 is 0 Å². The molecular formula is C14H18O2. The van der Waals surface area contributed by atoms with Crippen LogP contribution < -0.4 is 0 Å². The van der Waals surface area contributed by atoms with Crippen molar-refractivity contribution in [2.75, 3.05) is 0 Å². The lowest BCUT2D eigenvalue weighted by atomic mass is 9.73. The van der Waals surface area contributed by atoms with Gasteiger partial charge in [-0.2, -0.15) is 0 Å². The van der Waals surface area contributed by atoms with Gasteiger partial charge in [0.15, 0.2) is 0 Å². The van der Waals surface area contributed by atoms with E-state index < -0.39 is 11.4 Å². The second-order valence-electron chi connectivity index (χ2n) is 4.94. The predicted octanol–water partition coefficient (Wildman–Crippen LogP) is 3.14. The van der Waals surface area contributed by atoms with Crippen LogP contribution in [0.25, 0.3) is 0 Å². The van der Waals surface area contributed by atoms with E-state index in [1.807, 2.05) is 31.2 Å². The van der Waals surface area contributed by atoms with E-state index >= 15 is 0 Å². The zero-order valence-corrected chi connectivity index (χ0v) is 9.86. The van der Waals surface area contributed by atoms with E-state index in [1.54, 1.807) is 0 Å². The van der Waals surface area contributed by atoms with Crippen molar-refractivity contribution in [2.45, 2.75) is 38.5 Å². The Labute approximate surface area is 96.3 Å². The quantitative estimate of drug-likeness (QED) is 0.828. The van der Waals surface area contributed by atoms with E-state index in [0.29, 0.717) is 0 Å². The molecule has 2 nitrogen and oxygen atoms in total. The van der Waals surface area contributed by atoms with Crippen LogP contribution in [0.5, 0.6) is 0 Å². The molecule has 1 aliphatic carbocycles. The molecule has 0 amide bonds. The van der Waals surface area contributed by atoms with Gasteiger partial charge in [-0.05, 0) is 31.2 Å². The van der Waals surface area contributed by atoms with Gasteiger partial charge in [0.25, 0.3) is 0 Å². The summed E-state index contributed by atoms with van der Waals surface area (Å²) in [5, 5.41) is 9.56. The molecule has 0 radical (unpaired) electrons. The molecule has 1 aromatic carbocycles. The first-order chi connectivity index (χ1) is 7.57. The van der Waals surface area contributed by atoms with Crippen molar-refractivity contribution in [2.24, 2.45) is 5.92 Å². The number of hydrogen-bond acceptors (Lipinski definition) is 1. The third-order valence-electron chi connectivity index (χ3n) is 4.00. The fraction of sp³-hybridized carbons (Fsp3) is 0.500. The number of carbonyl (C=O) groups is 1. The summed E-state index contributed by atoms with van der Waals surface area (Å²) in [6.07, 6.45) is 2.80. The first kappa shape index (κ1) is 11.2. The topological polar surface area (TPSA) is 37.3 Å². The van der Waals surface area contributed by atoms with Crippen molar-refractivity contribution < 1.29 is 9.90 Å². The van der Waals surface area contributed by atoms with Gasteiger partial charge in [0.1, 0.15) is 0 Å². The van der Waals surface area contributed by atoms with E-state index in [0.717, 1.165) is 24.8 Å². The summed E-state index contributed by atoms with van der Waals surface area (Å²) in [5.41, 5.74) is 1.50. The Balaban J connectivity index is 2.48. The number of rotatable bonds is 2. The number of hydrogen-bond donors (Lipinski definition) is 1. The van der Waals surface area contributed by atoms with E-state index in [4.69, 9.17) is 0 Å². The molecule has 86 valence electrons. The molecule has 0 aliphatic heterocycles. The van der Waals surface area contributed by atoms with Gasteiger partial charge in [-0.1, -0.05) is 43.2 Å². The summed E-state index contributed by atoms with van der Waals surface area (Å²) in [6, 6.07) is 7.96. The maximum atomic E-state index is 11.6. The maximum Gasteiger partial charge on any atom is 0.314 e. The minimum absolute atomic E-state index is 0.229. The number of carboxylic acids is 1. The second-order valence-corrected chi connectivity index (χ2v) is 4.94. The van der Waals surface area contributed by atoms with Gasteiger partial charge in [0.2, 0.25) is 0 Å². The number of aliphatic carboxylic acids is 1. The van der Waals surface area contributed by atoms with E-state index in [1.165, 1.54) is 5.56 Å². The average Bonchev–Trinajstić information content (AvgIpc) is 2.62. The summed E-state index contributed by atoms with van der Waals surface area (Å²) in [4.78, 5) is 11.6. The summed E-state index contributed by atoms with van der Waals surface area (Å²) in [5.74, 6) is -0.436. The molecule has 1 aliphatic rings. The van der Waals surface area contributed by atoms with Gasteiger partial charge in [0.05, 0.1) is 5.41 Å². The average molecular weight is 218 g/mol. The first-order valence-electron chi connectivity index (χ1n) is 5.88. The van der Waals surface area contributed by atoms with Gasteiger partial charge in [0, 0.05) is 0 Å². The van der Waals surface area contributed by atoms with Crippen LogP contribution in [0, 0.1) is 12.8 Å². The Morgan fingerprint density at radius 1 is 1.38 bits per heavy atom. The SMILES string of the molecule is Cc1ccc(C2(C(=O)O)CCCC2C)cc1. The maximum absolute atomic E-state index is 11.6. The van der Waals surface area contributed by atoms with Crippen molar-refractivity contribution in [3.8, 4) is 0 Å². The highest BCUT2D eigenvalue weighted by atomic mass is 16.4. The molecule has 0 bridgehead atoms. The third kappa shape index (κ3) is 1.53. The number of benzene rings is 1. The Morgan fingerprint density at radius 3 is 2.44 bits per heavy atom. The van der Waals surface area contributed by atoms with Crippen molar-refractivity contribution in [3.05, 3.63) is 35.4 Å². The van der Waals surface area contributed by atoms with Crippen LogP contribution in [-0.2, 0) is 10.2 Å². The highest BCUT2D eigenvalue weighted by Gasteiger charge is 2.48. The van der Waals surface area contributed by atoms with E-state index in [2.05, 4.69) is 6.92 Å². The smallest absolute Gasteiger partial charge is 0.314 e. The summed E-state index contributed by atoms with van der Waals surface area (Å²) < 4.78 is 0. The molecule has 0 heterocycles. The minimum atomic E-state index is -0.665. The van der Waals surface area contributed by atoms with Crippen LogP contribution in [0.2, 0.25) is 0 Å². The molecule has 1 N–H and O–H groups in total. The van der Waals surface area contributed by atoms with E-state index in [9.17, 15) is 9.90 Å². The highest BCUT2D eigenvalue weighted by Crippen LogP contribution is 2.45. The van der Waals surface area contributed by atoms with Crippen LogP contribution in [0.15, 0.2) is 24.3 Å². The largest absolute Gasteiger partial charge is 0.481 e. The van der Waals surface area contributed by atoms with Crippen LogP contribution in [-0.4, -0.2) is 11.1 Å². The summed E-state index contributed by atoms with van der Waals surface area (Å²) in [7, 11) is 0. The second kappa shape index (κ2) is 3.93. The zero-order chi connectivity index (χ0) is 11.8.